The van der Waals surface area contributed by atoms with Gasteiger partial charge in [-0.25, -0.2) is 8.42 Å². The smallest absolute Gasteiger partial charge is 0.261 e. The van der Waals surface area contributed by atoms with Crippen molar-refractivity contribution in [3.8, 4) is 0 Å². The Kier molecular flexibility index (Phi) is 5.77. The van der Waals surface area contributed by atoms with Crippen LogP contribution in [0.3, 0.4) is 0 Å². The van der Waals surface area contributed by atoms with Gasteiger partial charge in [0.15, 0.2) is 0 Å². The quantitative estimate of drug-likeness (QED) is 0.777. The van der Waals surface area contributed by atoms with Crippen molar-refractivity contribution in [1.29, 1.82) is 0 Å². The zero-order valence-corrected chi connectivity index (χ0v) is 18.4. The molecule has 150 valence electrons. The maximum Gasteiger partial charge on any atom is 0.261 e. The molecule has 0 saturated carbocycles. The number of thioether (sulfide) groups is 1. The number of sulfonamides is 1. The molecular formula is C21H26N2O3S2. The van der Waals surface area contributed by atoms with E-state index in [0.29, 0.717) is 17.9 Å². The molecule has 0 aromatic heterocycles. The first-order chi connectivity index (χ1) is 13.1. The third-order valence-corrected chi connectivity index (χ3v) is 7.34. The van der Waals surface area contributed by atoms with E-state index in [4.69, 9.17) is 0 Å². The molecule has 1 unspecified atom stereocenters. The van der Waals surface area contributed by atoms with E-state index in [-0.39, 0.29) is 22.0 Å². The summed E-state index contributed by atoms with van der Waals surface area (Å²) in [6.07, 6.45) is 0. The second-order valence-electron chi connectivity index (χ2n) is 7.49. The third kappa shape index (κ3) is 4.05. The molecule has 0 fully saturated rings. The van der Waals surface area contributed by atoms with Gasteiger partial charge in [-0.15, -0.1) is 11.8 Å². The largest absolute Gasteiger partial charge is 0.310 e. The molecule has 1 aliphatic heterocycles. The molecule has 1 aliphatic rings. The molecule has 1 atom stereocenters. The van der Waals surface area contributed by atoms with Crippen LogP contribution in [-0.2, 0) is 14.8 Å². The number of anilines is 2. The number of hydrogen-bond acceptors (Lipinski definition) is 4. The number of para-hydroxylation sites is 1. The predicted molar refractivity (Wildman–Crippen MR) is 116 cm³/mol. The van der Waals surface area contributed by atoms with Crippen LogP contribution in [0.15, 0.2) is 46.2 Å². The van der Waals surface area contributed by atoms with Crippen molar-refractivity contribution in [3.63, 3.8) is 0 Å². The molecule has 0 radical (unpaired) electrons. The second kappa shape index (κ2) is 7.79. The Labute approximate surface area is 171 Å². The van der Waals surface area contributed by atoms with E-state index >= 15 is 0 Å². The van der Waals surface area contributed by atoms with E-state index in [1.54, 1.807) is 34.9 Å². The fraction of sp³-hybridized carbons (Fsp3) is 0.381. The van der Waals surface area contributed by atoms with E-state index in [0.717, 1.165) is 16.0 Å². The highest BCUT2D eigenvalue weighted by Gasteiger charge is 2.27. The van der Waals surface area contributed by atoms with Gasteiger partial charge >= 0.3 is 0 Å². The third-order valence-electron chi connectivity index (χ3n) is 4.84. The fourth-order valence-electron chi connectivity index (χ4n) is 3.39. The second-order valence-corrected chi connectivity index (χ2v) is 10.6. The topological polar surface area (TPSA) is 66.5 Å². The monoisotopic (exact) mass is 418 g/mol. The maximum atomic E-state index is 13.1. The Balaban J connectivity index is 2.03. The first-order valence-electron chi connectivity index (χ1n) is 9.31. The standard InChI is InChI=1S/C21H26N2O3S2/c1-13(2)18-8-6-7-14(3)21(18)22-28(25,26)17-9-10-20-19(11-17)23(16(5)24)12-15(4)27-20/h6-11,13,15,22H,12H2,1-5H3. The van der Waals surface area contributed by atoms with Gasteiger partial charge < -0.3 is 4.90 Å². The molecule has 1 heterocycles. The Morgan fingerprint density at radius 3 is 2.61 bits per heavy atom. The highest BCUT2D eigenvalue weighted by Crippen LogP contribution is 2.40. The Bertz CT molecular complexity index is 1020. The van der Waals surface area contributed by atoms with Gasteiger partial charge in [0, 0.05) is 23.6 Å². The van der Waals surface area contributed by atoms with Crippen LogP contribution < -0.4 is 9.62 Å². The predicted octanol–water partition coefficient (Wildman–Crippen LogP) is 4.77. The lowest BCUT2D eigenvalue weighted by atomic mass is 9.99. The molecule has 7 heteroatoms. The molecule has 0 aliphatic carbocycles. The molecule has 2 aromatic carbocycles. The SMILES string of the molecule is CC(=O)N1CC(C)Sc2ccc(S(=O)(=O)Nc3c(C)cccc3C(C)C)cc21. The number of carbonyl (C=O) groups excluding carboxylic acids is 1. The van der Waals surface area contributed by atoms with Gasteiger partial charge in [-0.3, -0.25) is 9.52 Å². The van der Waals surface area contributed by atoms with Crippen LogP contribution in [0.5, 0.6) is 0 Å². The zero-order chi connectivity index (χ0) is 20.6. The average molecular weight is 419 g/mol. The molecule has 0 bridgehead atoms. The molecule has 1 N–H and O–H groups in total. The molecule has 0 saturated heterocycles. The van der Waals surface area contributed by atoms with E-state index in [1.807, 2.05) is 39.0 Å². The maximum absolute atomic E-state index is 13.1. The highest BCUT2D eigenvalue weighted by atomic mass is 32.2. The molecule has 28 heavy (non-hydrogen) atoms. The van der Waals surface area contributed by atoms with Crippen LogP contribution in [0.1, 0.15) is 44.7 Å². The lowest BCUT2D eigenvalue weighted by Gasteiger charge is -2.32. The van der Waals surface area contributed by atoms with Crippen LogP contribution in [0.2, 0.25) is 0 Å². The first-order valence-corrected chi connectivity index (χ1v) is 11.7. The molecule has 1 amide bonds. The first kappa shape index (κ1) is 20.7. The van der Waals surface area contributed by atoms with E-state index in [9.17, 15) is 13.2 Å². The van der Waals surface area contributed by atoms with Gasteiger partial charge in [0.05, 0.1) is 16.3 Å². The van der Waals surface area contributed by atoms with Gasteiger partial charge in [-0.2, -0.15) is 0 Å². The van der Waals surface area contributed by atoms with E-state index < -0.39 is 10.0 Å². The van der Waals surface area contributed by atoms with Crippen molar-refractivity contribution in [2.24, 2.45) is 0 Å². The van der Waals surface area contributed by atoms with Crippen molar-refractivity contribution < 1.29 is 13.2 Å². The van der Waals surface area contributed by atoms with Crippen molar-refractivity contribution in [2.45, 2.75) is 55.6 Å². The average Bonchev–Trinajstić information content (AvgIpc) is 2.61. The number of nitrogens with one attached hydrogen (secondary N) is 1. The summed E-state index contributed by atoms with van der Waals surface area (Å²) in [5.41, 5.74) is 3.12. The van der Waals surface area contributed by atoms with Gasteiger partial charge in [0.1, 0.15) is 0 Å². The molecular weight excluding hydrogens is 392 g/mol. The highest BCUT2D eigenvalue weighted by molar-refractivity contribution is 8.00. The number of amides is 1. The zero-order valence-electron chi connectivity index (χ0n) is 16.8. The van der Waals surface area contributed by atoms with E-state index in [2.05, 4.69) is 11.6 Å². The normalized spacial score (nSPS) is 16.8. The minimum atomic E-state index is -3.79. The summed E-state index contributed by atoms with van der Waals surface area (Å²) in [5, 5.41) is 0.262. The number of aryl methyl sites for hydroxylation is 1. The number of rotatable bonds is 4. The Morgan fingerprint density at radius 2 is 1.96 bits per heavy atom. The van der Waals surface area contributed by atoms with Crippen LogP contribution in [0.25, 0.3) is 0 Å². The van der Waals surface area contributed by atoms with Gasteiger partial charge in [-0.1, -0.05) is 39.0 Å². The summed E-state index contributed by atoms with van der Waals surface area (Å²) in [7, 11) is -3.79. The van der Waals surface area contributed by atoms with Crippen molar-refractivity contribution in [3.05, 3.63) is 47.5 Å². The van der Waals surface area contributed by atoms with Crippen molar-refractivity contribution >= 4 is 39.1 Å². The number of nitrogens with zero attached hydrogens (tertiary/aromatic N) is 1. The molecule has 5 nitrogen and oxygen atoms in total. The summed E-state index contributed by atoms with van der Waals surface area (Å²) in [6, 6.07) is 10.8. The summed E-state index contributed by atoms with van der Waals surface area (Å²) in [4.78, 5) is 14.8. The number of benzene rings is 2. The minimum absolute atomic E-state index is 0.0862. The number of hydrogen-bond donors (Lipinski definition) is 1. The van der Waals surface area contributed by atoms with Gasteiger partial charge in [0.25, 0.3) is 10.0 Å². The molecule has 3 rings (SSSR count). The van der Waals surface area contributed by atoms with Crippen molar-refractivity contribution in [1.82, 2.24) is 0 Å². The summed E-state index contributed by atoms with van der Waals surface area (Å²) < 4.78 is 29.0. The van der Waals surface area contributed by atoms with Gasteiger partial charge in [0.2, 0.25) is 5.91 Å². The van der Waals surface area contributed by atoms with Gasteiger partial charge in [-0.05, 0) is 42.2 Å². The Morgan fingerprint density at radius 1 is 1.25 bits per heavy atom. The van der Waals surface area contributed by atoms with Crippen LogP contribution in [-0.4, -0.2) is 26.1 Å². The van der Waals surface area contributed by atoms with Crippen molar-refractivity contribution in [2.75, 3.05) is 16.2 Å². The number of fused-ring (bicyclic) bond motifs is 1. The molecule has 0 spiro atoms. The minimum Gasteiger partial charge on any atom is -0.310 e. The van der Waals surface area contributed by atoms with E-state index in [1.165, 1.54) is 6.92 Å². The Hall–Kier alpha value is -1.99. The van der Waals surface area contributed by atoms with Crippen LogP contribution in [0.4, 0.5) is 11.4 Å². The molecule has 2 aromatic rings. The lowest BCUT2D eigenvalue weighted by Crippen LogP contribution is -2.37. The van der Waals surface area contributed by atoms with Crippen LogP contribution in [0, 0.1) is 6.92 Å². The summed E-state index contributed by atoms with van der Waals surface area (Å²) in [5.74, 6) is 0.101. The van der Waals surface area contributed by atoms with Crippen LogP contribution >= 0.6 is 11.8 Å². The number of carbonyl (C=O) groups is 1. The fourth-order valence-corrected chi connectivity index (χ4v) is 5.66. The summed E-state index contributed by atoms with van der Waals surface area (Å²) in [6.45, 7) is 10.1. The lowest BCUT2D eigenvalue weighted by molar-refractivity contribution is -0.116. The summed E-state index contributed by atoms with van der Waals surface area (Å²) >= 11 is 1.66.